The monoisotopic (exact) mass is 1010 g/mol. The first-order valence-corrected chi connectivity index (χ1v) is 24.6. The number of carbonyl (C=O) groups is 1. The van der Waals surface area contributed by atoms with Gasteiger partial charge >= 0.3 is 5.97 Å². The number of morpholine rings is 1. The highest BCUT2D eigenvalue weighted by molar-refractivity contribution is 7.22. The summed E-state index contributed by atoms with van der Waals surface area (Å²) in [4.78, 5) is 40.4. The van der Waals surface area contributed by atoms with Crippen molar-refractivity contribution in [1.29, 1.82) is 0 Å². The van der Waals surface area contributed by atoms with Crippen LogP contribution in [0.15, 0.2) is 85.3 Å². The van der Waals surface area contributed by atoms with Gasteiger partial charge in [-0.2, -0.15) is 0 Å². The molecule has 0 spiro atoms. The van der Waals surface area contributed by atoms with Gasteiger partial charge in [-0.25, -0.2) is 29.1 Å². The molecule has 14 nitrogen and oxygen atoms in total. The second kappa shape index (κ2) is 20.8. The summed E-state index contributed by atoms with van der Waals surface area (Å²) >= 11 is 16.0. The van der Waals surface area contributed by atoms with Crippen molar-refractivity contribution < 1.29 is 38.0 Å². The molecule has 7 aromatic rings. The van der Waals surface area contributed by atoms with Crippen LogP contribution >= 0.6 is 34.5 Å². The van der Waals surface area contributed by atoms with Gasteiger partial charge in [-0.1, -0.05) is 59.6 Å². The fraction of sp³-hybridized carbons (Fsp3) is 0.327. The molecule has 2 atom stereocenters. The zero-order chi connectivity index (χ0) is 48.5. The highest BCUT2D eigenvalue weighted by atomic mass is 35.5. The first-order valence-electron chi connectivity index (χ1n) is 23.1. The van der Waals surface area contributed by atoms with Gasteiger partial charge in [-0.15, -0.1) is 11.3 Å². The quantitative estimate of drug-likeness (QED) is 0.139. The maximum Gasteiger partial charge on any atom is 0.349 e. The minimum Gasteiger partial charge on any atom is -0.490 e. The van der Waals surface area contributed by atoms with E-state index in [2.05, 4.69) is 48.8 Å². The largest absolute Gasteiger partial charge is 0.490 e. The van der Waals surface area contributed by atoms with Crippen molar-refractivity contribution in [2.24, 2.45) is 0 Å². The minimum atomic E-state index is -1.67. The molecule has 4 bridgehead atoms. The average molecular weight is 1010 g/mol. The molecule has 1 N–H and O–H groups in total. The van der Waals surface area contributed by atoms with Gasteiger partial charge in [0.25, 0.3) is 0 Å². The number of aromatic nitrogens is 4. The number of carboxylic acids is 1. The van der Waals surface area contributed by atoms with E-state index in [1.807, 2.05) is 26.0 Å². The summed E-state index contributed by atoms with van der Waals surface area (Å²) in [5, 5.41) is 12.1. The Bertz CT molecular complexity index is 3010. The lowest BCUT2D eigenvalue weighted by Gasteiger charge is -2.35. The van der Waals surface area contributed by atoms with Crippen LogP contribution in [0.25, 0.3) is 43.2 Å². The molecule has 0 saturated carbocycles. The number of hydrogen-bond acceptors (Lipinski definition) is 14. The molecule has 0 aliphatic carbocycles. The Hall–Kier alpha value is -5.98. The van der Waals surface area contributed by atoms with E-state index in [0.29, 0.717) is 82.5 Å². The zero-order valence-corrected chi connectivity index (χ0v) is 41.1. The van der Waals surface area contributed by atoms with Crippen molar-refractivity contribution in [2.45, 2.75) is 39.2 Å². The first kappa shape index (κ1) is 47.7. The highest BCUT2D eigenvalue weighted by Gasteiger charge is 2.33. The van der Waals surface area contributed by atoms with Crippen LogP contribution in [0.3, 0.4) is 0 Å². The molecule has 362 valence electrons. The molecule has 0 radical (unpaired) electrons. The van der Waals surface area contributed by atoms with Crippen LogP contribution in [0, 0.1) is 19.7 Å². The lowest BCUT2D eigenvalue weighted by atomic mass is 9.92. The summed E-state index contributed by atoms with van der Waals surface area (Å²) in [5.74, 6) is -0.319. The lowest BCUT2D eigenvalue weighted by Crippen LogP contribution is -2.49. The lowest BCUT2D eigenvalue weighted by molar-refractivity contribution is -0.145. The number of ether oxygens (including phenoxy) is 5. The molecule has 18 heteroatoms. The predicted octanol–water partition coefficient (Wildman–Crippen LogP) is 9.55. The van der Waals surface area contributed by atoms with E-state index in [9.17, 15) is 14.3 Å². The normalized spacial score (nSPS) is 18.0. The molecule has 2 fully saturated rings. The second-order valence-electron chi connectivity index (χ2n) is 17.7. The van der Waals surface area contributed by atoms with E-state index in [-0.39, 0.29) is 30.4 Å². The van der Waals surface area contributed by atoms with E-state index in [0.717, 1.165) is 64.6 Å². The molecule has 0 amide bonds. The molecule has 2 saturated heterocycles. The number of hydrogen-bond donors (Lipinski definition) is 1. The van der Waals surface area contributed by atoms with Gasteiger partial charge in [0.15, 0.2) is 11.6 Å². The van der Waals surface area contributed by atoms with E-state index < -0.39 is 24.0 Å². The van der Waals surface area contributed by atoms with Crippen molar-refractivity contribution in [2.75, 3.05) is 72.7 Å². The summed E-state index contributed by atoms with van der Waals surface area (Å²) in [6.45, 7) is 11.8. The molecule has 11 rings (SSSR count). The van der Waals surface area contributed by atoms with Crippen LogP contribution in [-0.4, -0.2) is 124 Å². The number of carboxylic acid groups (broad SMARTS) is 1. The molecule has 4 aromatic carbocycles. The van der Waals surface area contributed by atoms with Gasteiger partial charge in [0.1, 0.15) is 47.8 Å². The highest BCUT2D eigenvalue weighted by Crippen LogP contribution is 2.53. The number of halogens is 3. The van der Waals surface area contributed by atoms with Crippen molar-refractivity contribution in [1.82, 2.24) is 34.6 Å². The van der Waals surface area contributed by atoms with Gasteiger partial charge in [-0.3, -0.25) is 9.80 Å². The minimum absolute atomic E-state index is 0.0172. The molecule has 7 heterocycles. The Morgan fingerprint density at radius 1 is 0.857 bits per heavy atom. The van der Waals surface area contributed by atoms with Gasteiger partial charge in [-0.05, 0) is 85.1 Å². The molecule has 70 heavy (non-hydrogen) atoms. The number of nitrogens with zero attached hydrogens (tertiary/aromatic N) is 7. The SMILES string of the molecule is Cc1c(Cl)c2c(Cl)c(C)c1-c1c(-c3ccc(F)cc3)sc3ncnc(c13)O[C@@H](C(=O)O)c1cc(ccc1OCc1ccnc(-c3ccc(CN4CCOCC4)cc3)n1)OC[C@@H](CN1CCN(C)CC1)O2. The number of fused-ring (bicyclic) bond motifs is 6. The van der Waals surface area contributed by atoms with E-state index in [1.165, 1.54) is 35.4 Å². The fourth-order valence-electron chi connectivity index (χ4n) is 9.11. The predicted molar refractivity (Wildman–Crippen MR) is 267 cm³/mol. The zero-order valence-electron chi connectivity index (χ0n) is 38.8. The van der Waals surface area contributed by atoms with Gasteiger partial charge in [0.2, 0.25) is 12.0 Å². The van der Waals surface area contributed by atoms with E-state index in [4.69, 9.17) is 51.9 Å². The third kappa shape index (κ3) is 10.1. The fourth-order valence-corrected chi connectivity index (χ4v) is 10.8. The molecular weight excluding hydrogens is 957 g/mol. The van der Waals surface area contributed by atoms with Crippen molar-refractivity contribution >= 4 is 50.7 Å². The Labute approximate surface area is 418 Å². The van der Waals surface area contributed by atoms with E-state index in [1.54, 1.807) is 42.6 Å². The van der Waals surface area contributed by atoms with Crippen LogP contribution < -0.4 is 18.9 Å². The van der Waals surface area contributed by atoms with Crippen molar-refractivity contribution in [3.8, 4) is 56.1 Å². The van der Waals surface area contributed by atoms with Crippen LogP contribution in [0.2, 0.25) is 10.0 Å². The smallest absolute Gasteiger partial charge is 0.349 e. The van der Waals surface area contributed by atoms with Crippen LogP contribution in [0.4, 0.5) is 4.39 Å². The number of aliphatic carboxylic acids is 1. The van der Waals surface area contributed by atoms with Crippen molar-refractivity contribution in [3.63, 3.8) is 0 Å². The number of likely N-dealkylation sites (N-methyl/N-ethyl adjacent to an activating group) is 1. The first-order chi connectivity index (χ1) is 34.0. The van der Waals surface area contributed by atoms with Crippen LogP contribution in [-0.2, 0) is 22.7 Å². The number of piperazine rings is 1. The Morgan fingerprint density at radius 2 is 1.59 bits per heavy atom. The Balaban J connectivity index is 1.05. The molecule has 3 aromatic heterocycles. The van der Waals surface area contributed by atoms with Crippen molar-refractivity contribution in [3.05, 3.63) is 129 Å². The number of rotatable bonds is 10. The molecular formula is C52H50Cl2FN7O7S. The van der Waals surface area contributed by atoms with Crippen LogP contribution in [0.1, 0.15) is 34.1 Å². The maximum atomic E-state index is 14.4. The number of benzene rings is 4. The molecule has 4 aliphatic heterocycles. The summed E-state index contributed by atoms with van der Waals surface area (Å²) in [6.07, 6.45) is 0.765. The summed E-state index contributed by atoms with van der Waals surface area (Å²) in [6, 6.07) is 21.1. The summed E-state index contributed by atoms with van der Waals surface area (Å²) in [5.41, 5.74) is 5.99. The summed E-state index contributed by atoms with van der Waals surface area (Å²) in [7, 11) is 2.10. The van der Waals surface area contributed by atoms with Crippen LogP contribution in [0.5, 0.6) is 23.1 Å². The average Bonchev–Trinajstić information content (AvgIpc) is 3.76. The summed E-state index contributed by atoms with van der Waals surface area (Å²) < 4.78 is 46.3. The molecule has 4 aliphatic rings. The van der Waals surface area contributed by atoms with Gasteiger partial charge in [0.05, 0.1) is 34.3 Å². The number of thiophene rings is 1. The standard InChI is InChI=1S/C52H50Cl2FN7O7S/c1-30-41-31(2)45(54)47(44(30)53)68-38(26-61-18-16-60(3)17-19-61)28-66-37-12-13-40(67-27-36-14-15-56-49(59-36)34-6-4-32(5-7-34)25-62-20-22-65-23-21-62)39(24-37)46(52(63)64)69-50-43-42(41)48(70-51(43)58-29-57-50)33-8-10-35(55)11-9-33/h4-15,24,29,38,46H,16-23,25-28H2,1-3H3,(H,63,64)/t38-,46-/m1/s1. The van der Waals surface area contributed by atoms with Gasteiger partial charge in [0, 0.05) is 80.1 Å². The Morgan fingerprint density at radius 3 is 2.31 bits per heavy atom. The molecule has 0 unspecified atom stereocenters. The third-order valence-electron chi connectivity index (χ3n) is 12.9. The topological polar surface area (TPSA) is 145 Å². The van der Waals surface area contributed by atoms with Gasteiger partial charge < -0.3 is 33.7 Å². The maximum absolute atomic E-state index is 14.4. The Kier molecular flexibility index (Phi) is 14.2. The van der Waals surface area contributed by atoms with E-state index >= 15 is 0 Å². The second-order valence-corrected chi connectivity index (χ2v) is 19.4. The third-order valence-corrected chi connectivity index (χ3v) is 15.0.